The van der Waals surface area contributed by atoms with Gasteiger partial charge in [-0.15, -0.1) is 5.10 Å². The van der Waals surface area contributed by atoms with Crippen LogP contribution >= 0.6 is 12.2 Å². The average molecular weight is 292 g/mol. The van der Waals surface area contributed by atoms with Crippen LogP contribution in [0.3, 0.4) is 0 Å². The van der Waals surface area contributed by atoms with Crippen LogP contribution in [0.25, 0.3) is 0 Å². The van der Waals surface area contributed by atoms with E-state index < -0.39 is 0 Å². The molecule has 106 valence electrons. The number of piperazine rings is 1. The van der Waals surface area contributed by atoms with Crippen molar-refractivity contribution in [1.82, 2.24) is 24.6 Å². The first-order valence-corrected chi connectivity index (χ1v) is 6.92. The molecule has 7 nitrogen and oxygen atoms in total. The van der Waals surface area contributed by atoms with Crippen molar-refractivity contribution in [2.75, 3.05) is 31.1 Å². The van der Waals surface area contributed by atoms with E-state index in [9.17, 15) is 0 Å². The predicted molar refractivity (Wildman–Crippen MR) is 75.9 cm³/mol. The van der Waals surface area contributed by atoms with Crippen LogP contribution in [0.2, 0.25) is 0 Å². The largest absolute Gasteiger partial charge is 0.414 e. The van der Waals surface area contributed by atoms with Crippen LogP contribution in [0.1, 0.15) is 5.89 Å². The summed E-state index contributed by atoms with van der Waals surface area (Å²) < 4.78 is 6.98. The number of rotatable bonds is 3. The summed E-state index contributed by atoms with van der Waals surface area (Å²) >= 11 is 5.12. The number of hydrogen-bond donors (Lipinski definition) is 0. The minimum Gasteiger partial charge on any atom is -0.414 e. The van der Waals surface area contributed by atoms with Gasteiger partial charge in [0.05, 0.1) is 6.67 Å². The van der Waals surface area contributed by atoms with E-state index in [1.807, 2.05) is 6.07 Å². The number of aryl methyl sites for hydroxylation is 1. The highest BCUT2D eigenvalue weighted by Gasteiger charge is 2.19. The third kappa shape index (κ3) is 2.86. The zero-order chi connectivity index (χ0) is 13.9. The summed E-state index contributed by atoms with van der Waals surface area (Å²) in [7, 11) is 0. The topological polar surface area (TPSA) is 63.2 Å². The van der Waals surface area contributed by atoms with E-state index in [1.165, 1.54) is 0 Å². The molecule has 0 radical (unpaired) electrons. The van der Waals surface area contributed by atoms with Crippen LogP contribution in [-0.2, 0) is 6.67 Å². The lowest BCUT2D eigenvalue weighted by atomic mass is 10.3. The molecule has 0 aliphatic carbocycles. The highest BCUT2D eigenvalue weighted by atomic mass is 32.1. The summed E-state index contributed by atoms with van der Waals surface area (Å²) in [6.45, 7) is 6.11. The lowest BCUT2D eigenvalue weighted by Gasteiger charge is -2.34. The predicted octanol–water partition coefficient (Wildman–Crippen LogP) is 1.08. The SMILES string of the molecule is Cc1nn(CN2CCN(c3ncccn3)CC2)c(=S)o1. The highest BCUT2D eigenvalue weighted by Crippen LogP contribution is 2.10. The van der Waals surface area contributed by atoms with Crippen LogP contribution in [0, 0.1) is 11.8 Å². The second-order valence-corrected chi connectivity index (χ2v) is 5.03. The Hall–Kier alpha value is -1.80. The standard InChI is InChI=1S/C12H16N6OS/c1-10-15-18(12(20)19-10)9-16-5-7-17(8-6-16)11-13-3-2-4-14-11/h2-4H,5-9H2,1H3. The Bertz CT molecular complexity index is 616. The Morgan fingerprint density at radius 1 is 1.20 bits per heavy atom. The molecule has 0 spiro atoms. The van der Waals surface area contributed by atoms with Gasteiger partial charge in [-0.05, 0) is 18.3 Å². The van der Waals surface area contributed by atoms with Crippen LogP contribution in [0.4, 0.5) is 5.95 Å². The van der Waals surface area contributed by atoms with Crippen LogP contribution < -0.4 is 4.90 Å². The first-order valence-electron chi connectivity index (χ1n) is 6.51. The molecule has 1 fully saturated rings. The summed E-state index contributed by atoms with van der Waals surface area (Å²) in [6, 6.07) is 1.83. The van der Waals surface area contributed by atoms with Gasteiger partial charge in [0.2, 0.25) is 11.8 Å². The Labute approximate surface area is 121 Å². The molecule has 2 aromatic heterocycles. The Kier molecular flexibility index (Phi) is 3.75. The molecule has 2 aromatic rings. The quantitative estimate of drug-likeness (QED) is 0.784. The van der Waals surface area contributed by atoms with Crippen molar-refractivity contribution in [2.24, 2.45) is 0 Å². The fourth-order valence-electron chi connectivity index (χ4n) is 2.23. The van der Waals surface area contributed by atoms with Gasteiger partial charge in [0, 0.05) is 45.5 Å². The van der Waals surface area contributed by atoms with Crippen molar-refractivity contribution < 1.29 is 4.42 Å². The maximum absolute atomic E-state index is 5.26. The zero-order valence-corrected chi connectivity index (χ0v) is 12.1. The molecule has 20 heavy (non-hydrogen) atoms. The van der Waals surface area contributed by atoms with E-state index in [2.05, 4.69) is 24.9 Å². The molecule has 0 N–H and O–H groups in total. The van der Waals surface area contributed by atoms with E-state index in [4.69, 9.17) is 16.6 Å². The molecule has 3 rings (SSSR count). The minimum atomic E-state index is 0.427. The monoisotopic (exact) mass is 292 g/mol. The van der Waals surface area contributed by atoms with Crippen molar-refractivity contribution in [1.29, 1.82) is 0 Å². The fraction of sp³-hybridized carbons (Fsp3) is 0.500. The van der Waals surface area contributed by atoms with Crippen LogP contribution in [0.15, 0.2) is 22.9 Å². The number of anilines is 1. The average Bonchev–Trinajstić information content (AvgIpc) is 2.79. The van der Waals surface area contributed by atoms with Crippen molar-refractivity contribution in [3.8, 4) is 0 Å². The Morgan fingerprint density at radius 3 is 2.50 bits per heavy atom. The summed E-state index contributed by atoms with van der Waals surface area (Å²) in [4.78, 5) is 13.5. The summed E-state index contributed by atoms with van der Waals surface area (Å²) in [5, 5.41) is 4.25. The van der Waals surface area contributed by atoms with Gasteiger partial charge in [0.25, 0.3) is 4.84 Å². The van der Waals surface area contributed by atoms with Crippen molar-refractivity contribution >= 4 is 18.2 Å². The van der Waals surface area contributed by atoms with Gasteiger partial charge in [-0.25, -0.2) is 14.6 Å². The van der Waals surface area contributed by atoms with Gasteiger partial charge >= 0.3 is 0 Å². The maximum atomic E-state index is 5.26. The Balaban J connectivity index is 1.59. The van der Waals surface area contributed by atoms with Gasteiger partial charge in [-0.3, -0.25) is 4.90 Å². The molecule has 3 heterocycles. The van der Waals surface area contributed by atoms with Crippen LogP contribution in [0.5, 0.6) is 0 Å². The first-order chi connectivity index (χ1) is 9.72. The van der Waals surface area contributed by atoms with Crippen molar-refractivity contribution in [3.05, 3.63) is 29.2 Å². The third-order valence-electron chi connectivity index (χ3n) is 3.25. The van der Waals surface area contributed by atoms with Gasteiger partial charge < -0.3 is 9.32 Å². The smallest absolute Gasteiger partial charge is 0.288 e. The molecule has 0 aromatic carbocycles. The minimum absolute atomic E-state index is 0.427. The molecule has 0 unspecified atom stereocenters. The van der Waals surface area contributed by atoms with E-state index in [1.54, 1.807) is 24.0 Å². The lowest BCUT2D eigenvalue weighted by Crippen LogP contribution is -2.47. The first kappa shape index (κ1) is 13.2. The van der Waals surface area contributed by atoms with Crippen molar-refractivity contribution in [3.63, 3.8) is 0 Å². The number of nitrogens with zero attached hydrogens (tertiary/aromatic N) is 6. The summed E-state index contributed by atoms with van der Waals surface area (Å²) in [5.74, 6) is 1.40. The van der Waals surface area contributed by atoms with E-state index >= 15 is 0 Å². The van der Waals surface area contributed by atoms with Gasteiger partial charge in [-0.2, -0.15) is 0 Å². The Morgan fingerprint density at radius 2 is 1.90 bits per heavy atom. The molecule has 0 amide bonds. The third-order valence-corrected chi connectivity index (χ3v) is 3.54. The zero-order valence-electron chi connectivity index (χ0n) is 11.3. The molecule has 1 aliphatic heterocycles. The van der Waals surface area contributed by atoms with Crippen LogP contribution in [-0.4, -0.2) is 50.8 Å². The molecule has 0 saturated carbocycles. The molecule has 1 aliphatic rings. The van der Waals surface area contributed by atoms with Gasteiger partial charge in [-0.1, -0.05) is 0 Å². The molecular formula is C12H16N6OS. The normalized spacial score (nSPS) is 16.6. The highest BCUT2D eigenvalue weighted by molar-refractivity contribution is 7.71. The van der Waals surface area contributed by atoms with Crippen molar-refractivity contribution in [2.45, 2.75) is 13.6 Å². The van der Waals surface area contributed by atoms with Gasteiger partial charge in [0.15, 0.2) is 0 Å². The van der Waals surface area contributed by atoms with E-state index in [0.717, 1.165) is 32.1 Å². The molecule has 1 saturated heterocycles. The summed E-state index contributed by atoms with van der Waals surface area (Å²) in [6.07, 6.45) is 3.54. The molecule has 0 bridgehead atoms. The maximum Gasteiger partial charge on any atom is 0.288 e. The lowest BCUT2D eigenvalue weighted by molar-refractivity contribution is 0.191. The number of hydrogen-bond acceptors (Lipinski definition) is 7. The second kappa shape index (κ2) is 5.68. The fourth-order valence-corrected chi connectivity index (χ4v) is 2.45. The molecule has 0 atom stereocenters. The number of aromatic nitrogens is 4. The summed E-state index contributed by atoms with van der Waals surface area (Å²) in [5.41, 5.74) is 0. The van der Waals surface area contributed by atoms with E-state index in [0.29, 0.717) is 17.4 Å². The second-order valence-electron chi connectivity index (χ2n) is 4.68. The molecular weight excluding hydrogens is 276 g/mol. The van der Waals surface area contributed by atoms with Gasteiger partial charge in [0.1, 0.15) is 0 Å². The van der Waals surface area contributed by atoms with E-state index in [-0.39, 0.29) is 0 Å². The molecule has 8 heteroatoms.